The van der Waals surface area contributed by atoms with Crippen LogP contribution in [-0.2, 0) is 25.5 Å². The van der Waals surface area contributed by atoms with Crippen LogP contribution < -0.4 is 0 Å². The fraction of sp³-hybridized carbons (Fsp3) is 0.143. The van der Waals surface area contributed by atoms with E-state index in [1.165, 1.54) is 37.9 Å². The van der Waals surface area contributed by atoms with Crippen molar-refractivity contribution >= 4 is 43.4 Å². The summed E-state index contributed by atoms with van der Waals surface area (Å²) in [6.45, 7) is 11.1. The third-order valence-electron chi connectivity index (χ3n) is 8.39. The molecule has 47 heavy (non-hydrogen) atoms. The first-order chi connectivity index (χ1) is 22.3. The van der Waals surface area contributed by atoms with Gasteiger partial charge in [-0.1, -0.05) is 80.3 Å². The third-order valence-corrected chi connectivity index (χ3v) is 9.32. The number of furan rings is 1. The number of hydrogen-bond donors (Lipinski definition) is 0. The minimum atomic E-state index is -0.0323. The standard InChI is InChI=1S/C31H26NOS.C11H8N.Ir/c1-18-8-6-9-19(2)27(18)24-16-26(32-17-25(24)31(3,4)5)23-11-7-10-21-22-13-12-20-14-15-34-30(20)29(22)33-28(21)23;1-2-6-10(7-3-1)11-8-4-5-9-12-11;/h6-10,12-17H,1-5H3;1-6,8-9H;/q2*-1;. The first-order valence-corrected chi connectivity index (χ1v) is 16.4. The van der Waals surface area contributed by atoms with Gasteiger partial charge in [-0.05, 0) is 81.4 Å². The topological polar surface area (TPSA) is 38.9 Å². The second-order valence-electron chi connectivity index (χ2n) is 12.6. The van der Waals surface area contributed by atoms with Crippen molar-refractivity contribution in [2.45, 2.75) is 40.0 Å². The second-order valence-corrected chi connectivity index (χ2v) is 13.5. The van der Waals surface area contributed by atoms with E-state index in [2.05, 4.69) is 106 Å². The Morgan fingerprint density at radius 2 is 1.51 bits per heavy atom. The van der Waals surface area contributed by atoms with Crippen molar-refractivity contribution in [2.24, 2.45) is 0 Å². The quantitative estimate of drug-likeness (QED) is 0.167. The summed E-state index contributed by atoms with van der Waals surface area (Å²) in [4.78, 5) is 9.16. The van der Waals surface area contributed by atoms with E-state index in [4.69, 9.17) is 9.40 Å². The molecule has 0 atom stereocenters. The number of nitrogens with zero attached hydrogens (tertiary/aromatic N) is 2. The Bertz CT molecular complexity index is 2260. The molecule has 0 N–H and O–H groups in total. The number of aryl methyl sites for hydroxylation is 2. The summed E-state index contributed by atoms with van der Waals surface area (Å²) in [6.07, 6.45) is 3.83. The van der Waals surface area contributed by atoms with Gasteiger partial charge in [0.25, 0.3) is 0 Å². The van der Waals surface area contributed by atoms with Gasteiger partial charge in [0, 0.05) is 37.9 Å². The molecule has 4 aromatic carbocycles. The average Bonchev–Trinajstić information content (AvgIpc) is 3.70. The molecule has 0 fully saturated rings. The Balaban J connectivity index is 0.000000250. The van der Waals surface area contributed by atoms with Crippen molar-refractivity contribution in [3.8, 4) is 33.6 Å². The van der Waals surface area contributed by atoms with Crippen LogP contribution in [0.1, 0.15) is 37.5 Å². The van der Waals surface area contributed by atoms with E-state index in [-0.39, 0.29) is 25.5 Å². The maximum Gasteiger partial charge on any atom is 0.138 e. The molecule has 4 aromatic heterocycles. The van der Waals surface area contributed by atoms with Crippen molar-refractivity contribution in [1.29, 1.82) is 0 Å². The Morgan fingerprint density at radius 1 is 0.723 bits per heavy atom. The van der Waals surface area contributed by atoms with Crippen LogP contribution in [0.3, 0.4) is 0 Å². The van der Waals surface area contributed by atoms with Crippen LogP contribution >= 0.6 is 11.3 Å². The molecule has 5 heteroatoms. The molecule has 0 unspecified atom stereocenters. The molecule has 0 spiro atoms. The number of hydrogen-bond acceptors (Lipinski definition) is 4. The molecule has 0 aliphatic heterocycles. The van der Waals surface area contributed by atoms with E-state index in [1.54, 1.807) is 17.5 Å². The smallest absolute Gasteiger partial charge is 0.138 e. The number of thiophene rings is 1. The molecule has 0 aliphatic rings. The molecule has 0 bridgehead atoms. The predicted molar refractivity (Wildman–Crippen MR) is 193 cm³/mol. The number of pyridine rings is 2. The van der Waals surface area contributed by atoms with Crippen LogP contribution in [0.15, 0.2) is 119 Å². The van der Waals surface area contributed by atoms with E-state index in [0.29, 0.717) is 0 Å². The van der Waals surface area contributed by atoms with Crippen molar-refractivity contribution in [3.63, 3.8) is 0 Å². The van der Waals surface area contributed by atoms with Crippen LogP contribution in [0.2, 0.25) is 0 Å². The molecule has 0 aliphatic carbocycles. The average molecular weight is 807 g/mol. The Morgan fingerprint density at radius 3 is 2.23 bits per heavy atom. The fourth-order valence-electron chi connectivity index (χ4n) is 6.12. The number of fused-ring (bicyclic) bond motifs is 5. The summed E-state index contributed by atoms with van der Waals surface area (Å²) in [5.41, 5.74) is 11.9. The maximum atomic E-state index is 6.54. The van der Waals surface area contributed by atoms with E-state index in [0.717, 1.165) is 44.5 Å². The molecule has 1 radical (unpaired) electrons. The fourth-order valence-corrected chi connectivity index (χ4v) is 7.01. The summed E-state index contributed by atoms with van der Waals surface area (Å²) in [5, 5.41) is 5.58. The van der Waals surface area contributed by atoms with E-state index in [9.17, 15) is 0 Å². The van der Waals surface area contributed by atoms with Crippen molar-refractivity contribution < 1.29 is 24.5 Å². The van der Waals surface area contributed by atoms with Crippen LogP contribution in [0.25, 0.3) is 65.7 Å². The van der Waals surface area contributed by atoms with Gasteiger partial charge in [-0.15, -0.1) is 65.4 Å². The van der Waals surface area contributed by atoms with Crippen molar-refractivity contribution in [3.05, 3.63) is 144 Å². The largest absolute Gasteiger partial charge is 0.499 e. The minimum absolute atomic E-state index is 0. The number of benzene rings is 4. The number of rotatable bonds is 3. The molecule has 4 heterocycles. The zero-order chi connectivity index (χ0) is 31.8. The molecule has 0 saturated carbocycles. The summed E-state index contributed by atoms with van der Waals surface area (Å²) < 4.78 is 7.73. The Hall–Kier alpha value is -4.41. The summed E-state index contributed by atoms with van der Waals surface area (Å²) in [6, 6.07) is 39.6. The predicted octanol–water partition coefficient (Wildman–Crippen LogP) is 11.8. The van der Waals surface area contributed by atoms with E-state index in [1.807, 2.05) is 54.7 Å². The second kappa shape index (κ2) is 13.4. The molecule has 0 saturated heterocycles. The van der Waals surface area contributed by atoms with Gasteiger partial charge in [0.05, 0.1) is 10.3 Å². The molecular weight excluding hydrogens is 773 g/mol. The summed E-state index contributed by atoms with van der Waals surface area (Å²) in [7, 11) is 0. The maximum absolute atomic E-state index is 6.54. The van der Waals surface area contributed by atoms with Crippen molar-refractivity contribution in [1.82, 2.24) is 9.97 Å². The molecule has 235 valence electrons. The van der Waals surface area contributed by atoms with Crippen LogP contribution in [0.5, 0.6) is 0 Å². The van der Waals surface area contributed by atoms with Gasteiger partial charge < -0.3 is 14.4 Å². The van der Waals surface area contributed by atoms with Crippen LogP contribution in [0.4, 0.5) is 0 Å². The molecule has 8 aromatic rings. The summed E-state index contributed by atoms with van der Waals surface area (Å²) >= 11 is 1.72. The molecule has 8 rings (SSSR count). The molecular formula is C42H34IrN2OS-2. The molecule has 3 nitrogen and oxygen atoms in total. The number of aromatic nitrogens is 2. The van der Waals surface area contributed by atoms with Crippen molar-refractivity contribution in [2.75, 3.05) is 0 Å². The normalized spacial score (nSPS) is 11.3. The third kappa shape index (κ3) is 6.32. The monoisotopic (exact) mass is 807 g/mol. The van der Waals surface area contributed by atoms with E-state index >= 15 is 0 Å². The minimum Gasteiger partial charge on any atom is -0.499 e. The Kier molecular flexibility index (Phi) is 9.25. The van der Waals surface area contributed by atoms with E-state index < -0.39 is 0 Å². The van der Waals surface area contributed by atoms with Crippen LogP contribution in [0, 0.1) is 26.0 Å². The summed E-state index contributed by atoms with van der Waals surface area (Å²) in [5.74, 6) is 0. The Labute approximate surface area is 293 Å². The van der Waals surface area contributed by atoms with Crippen LogP contribution in [-0.4, -0.2) is 9.97 Å². The van der Waals surface area contributed by atoms with Gasteiger partial charge in [-0.25, -0.2) is 0 Å². The SMILES string of the molecule is Cc1cccc(C)c1-c1cc(-c2[c-]ccc3c2oc2c3ccc3ccsc32)ncc1C(C)(C)C.[Ir].[c-]1ccccc1-c1ccccn1. The molecule has 0 amide bonds. The van der Waals surface area contributed by atoms with Gasteiger partial charge in [0.1, 0.15) is 5.58 Å². The van der Waals surface area contributed by atoms with Gasteiger partial charge in [-0.2, -0.15) is 0 Å². The zero-order valence-corrected chi connectivity index (χ0v) is 30.2. The first-order valence-electron chi connectivity index (χ1n) is 15.5. The van der Waals surface area contributed by atoms with Gasteiger partial charge in [-0.3, -0.25) is 0 Å². The zero-order valence-electron chi connectivity index (χ0n) is 27.0. The van der Waals surface area contributed by atoms with Gasteiger partial charge in [0.15, 0.2) is 0 Å². The first kappa shape index (κ1) is 32.5. The van der Waals surface area contributed by atoms with Gasteiger partial charge in [0.2, 0.25) is 0 Å². The van der Waals surface area contributed by atoms with Gasteiger partial charge >= 0.3 is 0 Å².